The molecule has 0 saturated heterocycles. The highest BCUT2D eigenvalue weighted by molar-refractivity contribution is 7.12. The van der Waals surface area contributed by atoms with Gasteiger partial charge in [-0.1, -0.05) is 41.9 Å². The van der Waals surface area contributed by atoms with E-state index in [1.807, 2.05) is 36.4 Å². The summed E-state index contributed by atoms with van der Waals surface area (Å²) in [5, 5.41) is 9.77. The second kappa shape index (κ2) is 6.59. The van der Waals surface area contributed by atoms with Crippen molar-refractivity contribution in [2.45, 2.75) is 18.7 Å². The first-order chi connectivity index (χ1) is 13.2. The summed E-state index contributed by atoms with van der Waals surface area (Å²) in [6, 6.07) is 18.1. The van der Waals surface area contributed by atoms with Crippen LogP contribution in [0.5, 0.6) is 11.5 Å². The topological polar surface area (TPSA) is 34.1 Å². The Kier molecular flexibility index (Phi) is 4.06. The molecule has 2 aliphatic rings. The molecule has 2 atom stereocenters. The number of methoxy groups -OCH3 is 1. The number of benzene rings is 2. The molecule has 0 unspecified atom stereocenters. The van der Waals surface area contributed by atoms with Crippen molar-refractivity contribution in [2.75, 3.05) is 7.11 Å². The summed E-state index contributed by atoms with van der Waals surface area (Å²) in [7, 11) is 1.67. The van der Waals surface area contributed by atoms with Crippen molar-refractivity contribution >= 4 is 28.6 Å². The lowest BCUT2D eigenvalue weighted by Gasteiger charge is -2.38. The third-order valence-electron chi connectivity index (χ3n) is 4.94. The summed E-state index contributed by atoms with van der Waals surface area (Å²) in [5.74, 6) is 1.53. The van der Waals surface area contributed by atoms with Crippen LogP contribution in [0.4, 0.5) is 0 Å². The molecule has 0 bridgehead atoms. The van der Waals surface area contributed by atoms with Crippen molar-refractivity contribution in [3.63, 3.8) is 0 Å². The molecule has 0 saturated carbocycles. The van der Waals surface area contributed by atoms with Gasteiger partial charge in [0.05, 0.1) is 23.7 Å². The van der Waals surface area contributed by atoms with Crippen LogP contribution in [0.2, 0.25) is 5.02 Å². The number of nitrogens with zero attached hydrogens (tertiary/aromatic N) is 2. The average Bonchev–Trinajstić information content (AvgIpc) is 3.36. The Morgan fingerprint density at radius 3 is 2.85 bits per heavy atom. The maximum atomic E-state index is 6.41. The molecule has 5 rings (SSSR count). The van der Waals surface area contributed by atoms with Crippen LogP contribution in [-0.2, 0) is 0 Å². The van der Waals surface area contributed by atoms with Crippen molar-refractivity contribution < 1.29 is 9.47 Å². The van der Waals surface area contributed by atoms with Gasteiger partial charge >= 0.3 is 0 Å². The molecule has 136 valence electrons. The van der Waals surface area contributed by atoms with Gasteiger partial charge < -0.3 is 9.47 Å². The first-order valence-electron chi connectivity index (χ1n) is 8.73. The number of hydrazone groups is 1. The molecule has 27 heavy (non-hydrogen) atoms. The monoisotopic (exact) mass is 396 g/mol. The number of hydrogen-bond donors (Lipinski definition) is 0. The minimum atomic E-state index is -0.352. The van der Waals surface area contributed by atoms with E-state index in [9.17, 15) is 0 Å². The molecular formula is C21H17ClN2O2S. The molecule has 6 heteroatoms. The lowest BCUT2D eigenvalue weighted by atomic mass is 9.97. The second-order valence-corrected chi connectivity index (χ2v) is 7.91. The van der Waals surface area contributed by atoms with Crippen molar-refractivity contribution in [1.29, 1.82) is 0 Å². The van der Waals surface area contributed by atoms with Crippen LogP contribution >= 0.6 is 22.9 Å². The molecule has 2 aliphatic heterocycles. The minimum Gasteiger partial charge on any atom is -0.493 e. The zero-order valence-corrected chi connectivity index (χ0v) is 16.2. The van der Waals surface area contributed by atoms with Crippen molar-refractivity contribution in [3.8, 4) is 11.5 Å². The fourth-order valence-corrected chi connectivity index (χ4v) is 4.64. The van der Waals surface area contributed by atoms with Crippen LogP contribution in [0.3, 0.4) is 0 Å². The zero-order valence-electron chi connectivity index (χ0n) is 14.6. The van der Waals surface area contributed by atoms with Crippen LogP contribution in [0.1, 0.15) is 34.7 Å². The van der Waals surface area contributed by atoms with Crippen molar-refractivity contribution in [3.05, 3.63) is 81.0 Å². The van der Waals surface area contributed by atoms with Crippen LogP contribution < -0.4 is 9.47 Å². The molecule has 2 aromatic carbocycles. The Morgan fingerprint density at radius 2 is 2.07 bits per heavy atom. The second-order valence-electron chi connectivity index (χ2n) is 6.53. The number of halogens is 1. The maximum Gasteiger partial charge on any atom is 0.214 e. The van der Waals surface area contributed by atoms with E-state index in [1.54, 1.807) is 18.4 Å². The number of fused-ring (bicyclic) bond motifs is 3. The van der Waals surface area contributed by atoms with Gasteiger partial charge in [-0.2, -0.15) is 5.10 Å². The van der Waals surface area contributed by atoms with Gasteiger partial charge in [-0.25, -0.2) is 5.01 Å². The molecule has 0 spiro atoms. The Labute approximate surface area is 166 Å². The highest BCUT2D eigenvalue weighted by Gasteiger charge is 2.42. The first kappa shape index (κ1) is 16.7. The lowest BCUT2D eigenvalue weighted by Crippen LogP contribution is -2.33. The van der Waals surface area contributed by atoms with Crippen molar-refractivity contribution in [2.24, 2.45) is 5.10 Å². The van der Waals surface area contributed by atoms with Gasteiger partial charge in [-0.15, -0.1) is 11.3 Å². The van der Waals surface area contributed by atoms with Crippen LogP contribution in [-0.4, -0.2) is 17.8 Å². The van der Waals surface area contributed by atoms with E-state index in [0.717, 1.165) is 34.8 Å². The van der Waals surface area contributed by atoms with Gasteiger partial charge in [0.15, 0.2) is 11.5 Å². The van der Waals surface area contributed by atoms with Gasteiger partial charge in [0.2, 0.25) is 6.23 Å². The van der Waals surface area contributed by atoms with E-state index in [2.05, 4.69) is 28.6 Å². The van der Waals surface area contributed by atoms with Gasteiger partial charge in [0.1, 0.15) is 0 Å². The number of para-hydroxylation sites is 1. The van der Waals surface area contributed by atoms with Gasteiger partial charge in [0, 0.05) is 22.6 Å². The lowest BCUT2D eigenvalue weighted by molar-refractivity contribution is -0.0208. The van der Waals surface area contributed by atoms with E-state index in [0.29, 0.717) is 5.02 Å². The SMILES string of the molecule is COc1cccc2c1O[C@@H](c1cccc(Cl)c1)N1N=C(c3cccs3)C[C@@H]21. The molecule has 0 aliphatic carbocycles. The summed E-state index contributed by atoms with van der Waals surface area (Å²) in [6.45, 7) is 0. The fraction of sp³-hybridized carbons (Fsp3) is 0.190. The average molecular weight is 397 g/mol. The van der Waals surface area contributed by atoms with Crippen LogP contribution in [0, 0.1) is 0 Å². The Morgan fingerprint density at radius 1 is 1.19 bits per heavy atom. The van der Waals surface area contributed by atoms with E-state index in [-0.39, 0.29) is 12.3 Å². The third-order valence-corrected chi connectivity index (χ3v) is 6.09. The predicted molar refractivity (Wildman–Crippen MR) is 108 cm³/mol. The first-order valence-corrected chi connectivity index (χ1v) is 9.99. The summed E-state index contributed by atoms with van der Waals surface area (Å²) in [6.07, 6.45) is 0.483. The largest absolute Gasteiger partial charge is 0.493 e. The number of ether oxygens (including phenoxy) is 2. The highest BCUT2D eigenvalue weighted by atomic mass is 35.5. The Balaban J connectivity index is 1.64. The van der Waals surface area contributed by atoms with Crippen LogP contribution in [0.15, 0.2) is 65.1 Å². The van der Waals surface area contributed by atoms with Gasteiger partial charge in [-0.05, 0) is 29.6 Å². The maximum absolute atomic E-state index is 6.41. The molecule has 1 aromatic heterocycles. The van der Waals surface area contributed by atoms with E-state index in [1.165, 1.54) is 4.88 Å². The summed E-state index contributed by atoms with van der Waals surface area (Å²) in [5.41, 5.74) is 3.16. The molecule has 0 fully saturated rings. The summed E-state index contributed by atoms with van der Waals surface area (Å²) >= 11 is 7.95. The van der Waals surface area contributed by atoms with E-state index >= 15 is 0 Å². The number of rotatable bonds is 3. The fourth-order valence-electron chi connectivity index (χ4n) is 3.72. The molecule has 0 amide bonds. The summed E-state index contributed by atoms with van der Waals surface area (Å²) in [4.78, 5) is 1.19. The minimum absolute atomic E-state index is 0.102. The molecule has 3 heterocycles. The Bertz CT molecular complexity index is 1020. The number of hydrogen-bond acceptors (Lipinski definition) is 5. The van der Waals surface area contributed by atoms with Gasteiger partial charge in [0.25, 0.3) is 0 Å². The van der Waals surface area contributed by atoms with E-state index < -0.39 is 0 Å². The Hall–Kier alpha value is -2.50. The summed E-state index contributed by atoms with van der Waals surface area (Å²) < 4.78 is 12.0. The van der Waals surface area contributed by atoms with Crippen LogP contribution in [0.25, 0.3) is 0 Å². The quantitative estimate of drug-likeness (QED) is 0.573. The van der Waals surface area contributed by atoms with E-state index in [4.69, 9.17) is 26.2 Å². The van der Waals surface area contributed by atoms with Gasteiger partial charge in [-0.3, -0.25) is 0 Å². The smallest absolute Gasteiger partial charge is 0.214 e. The van der Waals surface area contributed by atoms with Crippen molar-refractivity contribution in [1.82, 2.24) is 5.01 Å². The number of thiophene rings is 1. The molecule has 3 aromatic rings. The third kappa shape index (κ3) is 2.78. The molecule has 0 N–H and O–H groups in total. The molecular weight excluding hydrogens is 380 g/mol. The normalized spacial score (nSPS) is 20.5. The predicted octanol–water partition coefficient (Wildman–Crippen LogP) is 5.65. The highest BCUT2D eigenvalue weighted by Crippen LogP contribution is 2.50. The standard InChI is InChI=1S/C21H17ClN2O2S/c1-25-18-8-3-7-15-17-12-16(19-9-4-10-27-19)23-24(17)21(26-20(15)18)13-5-2-6-14(22)11-13/h2-11,17,21H,12H2,1H3/t17-,21-/m0/s1. The zero-order chi connectivity index (χ0) is 18.4. The molecule has 4 nitrogen and oxygen atoms in total. The molecule has 0 radical (unpaired) electrons.